The summed E-state index contributed by atoms with van der Waals surface area (Å²) in [6.45, 7) is 2.02. The Morgan fingerprint density at radius 3 is 2.71 bits per heavy atom. The lowest BCUT2D eigenvalue weighted by Gasteiger charge is -2.31. The maximum atomic E-state index is 5.78. The minimum Gasteiger partial charge on any atom is -0.371 e. The Balaban J connectivity index is 1.80. The van der Waals surface area contributed by atoms with E-state index in [2.05, 4.69) is 25.8 Å². The van der Waals surface area contributed by atoms with E-state index in [4.69, 9.17) is 4.74 Å². The molecule has 0 aromatic carbocycles. The highest BCUT2D eigenvalue weighted by atomic mass is 79.9. The first kappa shape index (κ1) is 9.12. The van der Waals surface area contributed by atoms with Crippen LogP contribution < -0.4 is 4.90 Å². The van der Waals surface area contributed by atoms with Crippen molar-refractivity contribution in [2.45, 2.75) is 25.0 Å². The number of nitrogens with zero attached hydrogens (tertiary/aromatic N) is 2. The maximum Gasteiger partial charge on any atom is 0.186 e. The highest BCUT2D eigenvalue weighted by Crippen LogP contribution is 2.31. The molecule has 1 aromatic heterocycles. The molecule has 76 valence electrons. The van der Waals surface area contributed by atoms with Gasteiger partial charge in [-0.15, -0.1) is 11.3 Å². The van der Waals surface area contributed by atoms with Crippen LogP contribution in [-0.2, 0) is 4.74 Å². The molecule has 0 saturated carbocycles. The maximum absolute atomic E-state index is 5.78. The topological polar surface area (TPSA) is 25.4 Å². The second-order valence-corrected chi connectivity index (χ2v) is 5.46. The third kappa shape index (κ3) is 1.57. The van der Waals surface area contributed by atoms with Gasteiger partial charge in [0.1, 0.15) is 4.60 Å². The van der Waals surface area contributed by atoms with E-state index in [1.807, 2.05) is 5.38 Å². The molecule has 0 N–H and O–H groups in total. The molecule has 2 bridgehead atoms. The molecule has 2 unspecified atom stereocenters. The molecule has 2 saturated heterocycles. The van der Waals surface area contributed by atoms with Crippen molar-refractivity contribution in [1.29, 1.82) is 0 Å². The lowest BCUT2D eigenvalue weighted by Crippen LogP contribution is -2.42. The quantitative estimate of drug-likeness (QED) is 0.786. The van der Waals surface area contributed by atoms with Crippen LogP contribution in [0.5, 0.6) is 0 Å². The third-order valence-electron chi connectivity index (χ3n) is 2.78. The van der Waals surface area contributed by atoms with Gasteiger partial charge in [-0.05, 0) is 28.8 Å². The monoisotopic (exact) mass is 274 g/mol. The SMILES string of the molecule is Brc1csc(N2CC3CCC(C2)O3)n1. The summed E-state index contributed by atoms with van der Waals surface area (Å²) in [6.07, 6.45) is 3.31. The Bertz CT molecular complexity index is 331. The average molecular weight is 275 g/mol. The summed E-state index contributed by atoms with van der Waals surface area (Å²) in [6, 6.07) is 0. The van der Waals surface area contributed by atoms with Crippen LogP contribution >= 0.6 is 27.3 Å². The van der Waals surface area contributed by atoms with E-state index in [1.54, 1.807) is 11.3 Å². The number of fused-ring (bicyclic) bond motifs is 2. The lowest BCUT2D eigenvalue weighted by atomic mass is 10.2. The van der Waals surface area contributed by atoms with E-state index in [0.717, 1.165) is 22.8 Å². The molecule has 3 heterocycles. The number of thiazole rings is 1. The van der Waals surface area contributed by atoms with Gasteiger partial charge in [0, 0.05) is 18.5 Å². The highest BCUT2D eigenvalue weighted by Gasteiger charge is 2.34. The molecule has 3 nitrogen and oxygen atoms in total. The van der Waals surface area contributed by atoms with Gasteiger partial charge in [0.25, 0.3) is 0 Å². The zero-order valence-corrected chi connectivity index (χ0v) is 10.1. The number of aromatic nitrogens is 1. The van der Waals surface area contributed by atoms with Gasteiger partial charge < -0.3 is 9.64 Å². The van der Waals surface area contributed by atoms with E-state index < -0.39 is 0 Å². The van der Waals surface area contributed by atoms with Crippen LogP contribution in [0.15, 0.2) is 9.98 Å². The van der Waals surface area contributed by atoms with Crippen molar-refractivity contribution in [3.63, 3.8) is 0 Å². The molecule has 1 aromatic rings. The van der Waals surface area contributed by atoms with Gasteiger partial charge in [0.05, 0.1) is 12.2 Å². The van der Waals surface area contributed by atoms with Crippen molar-refractivity contribution in [2.75, 3.05) is 18.0 Å². The van der Waals surface area contributed by atoms with Gasteiger partial charge in [0.15, 0.2) is 5.13 Å². The second kappa shape index (κ2) is 3.47. The fourth-order valence-electron chi connectivity index (χ4n) is 2.16. The molecule has 0 spiro atoms. The molecule has 3 rings (SSSR count). The van der Waals surface area contributed by atoms with E-state index in [9.17, 15) is 0 Å². The fraction of sp³-hybridized carbons (Fsp3) is 0.667. The Hall–Kier alpha value is -0.130. The van der Waals surface area contributed by atoms with Gasteiger partial charge in [0.2, 0.25) is 0 Å². The summed E-state index contributed by atoms with van der Waals surface area (Å²) >= 11 is 5.09. The minimum absolute atomic E-state index is 0.441. The molecule has 0 aliphatic carbocycles. The largest absolute Gasteiger partial charge is 0.371 e. The zero-order valence-electron chi connectivity index (χ0n) is 7.65. The summed E-state index contributed by atoms with van der Waals surface area (Å²) in [5.41, 5.74) is 0. The van der Waals surface area contributed by atoms with Crippen LogP contribution in [0.3, 0.4) is 0 Å². The van der Waals surface area contributed by atoms with E-state index in [1.165, 1.54) is 12.8 Å². The van der Waals surface area contributed by atoms with Gasteiger partial charge in [-0.3, -0.25) is 0 Å². The molecule has 2 aliphatic rings. The third-order valence-corrected chi connectivity index (χ3v) is 4.39. The smallest absolute Gasteiger partial charge is 0.186 e. The second-order valence-electron chi connectivity index (χ2n) is 3.82. The van der Waals surface area contributed by atoms with Gasteiger partial charge in [-0.2, -0.15) is 0 Å². The van der Waals surface area contributed by atoms with Crippen molar-refractivity contribution in [1.82, 2.24) is 4.98 Å². The zero-order chi connectivity index (χ0) is 9.54. The Labute approximate surface area is 95.2 Å². The van der Waals surface area contributed by atoms with Crippen LogP contribution in [-0.4, -0.2) is 30.3 Å². The highest BCUT2D eigenvalue weighted by molar-refractivity contribution is 9.10. The number of ether oxygens (including phenoxy) is 1. The van der Waals surface area contributed by atoms with Gasteiger partial charge >= 0.3 is 0 Å². The average Bonchev–Trinajstić information content (AvgIpc) is 2.73. The number of anilines is 1. The molecule has 0 radical (unpaired) electrons. The first-order valence-corrected chi connectivity index (χ1v) is 6.50. The summed E-state index contributed by atoms with van der Waals surface area (Å²) in [5.74, 6) is 0. The number of rotatable bonds is 1. The van der Waals surface area contributed by atoms with Crippen LogP contribution in [0.25, 0.3) is 0 Å². The summed E-state index contributed by atoms with van der Waals surface area (Å²) in [4.78, 5) is 6.79. The van der Waals surface area contributed by atoms with Crippen molar-refractivity contribution in [2.24, 2.45) is 0 Å². The normalized spacial score (nSPS) is 31.1. The number of hydrogen-bond donors (Lipinski definition) is 0. The van der Waals surface area contributed by atoms with Crippen molar-refractivity contribution >= 4 is 32.4 Å². The summed E-state index contributed by atoms with van der Waals surface area (Å²) < 4.78 is 6.72. The van der Waals surface area contributed by atoms with Crippen molar-refractivity contribution in [3.8, 4) is 0 Å². The van der Waals surface area contributed by atoms with E-state index in [0.29, 0.717) is 12.2 Å². The van der Waals surface area contributed by atoms with Crippen molar-refractivity contribution in [3.05, 3.63) is 9.98 Å². The van der Waals surface area contributed by atoms with Crippen LogP contribution in [0.2, 0.25) is 0 Å². The summed E-state index contributed by atoms with van der Waals surface area (Å²) in [7, 11) is 0. The molecule has 2 atom stereocenters. The Morgan fingerprint density at radius 1 is 1.43 bits per heavy atom. The van der Waals surface area contributed by atoms with Gasteiger partial charge in [-0.25, -0.2) is 4.98 Å². The molecular weight excluding hydrogens is 264 g/mol. The Kier molecular flexibility index (Phi) is 2.26. The molecular formula is C9H11BrN2OS. The molecule has 2 fully saturated rings. The molecule has 2 aliphatic heterocycles. The molecule has 14 heavy (non-hydrogen) atoms. The minimum atomic E-state index is 0.441. The first-order chi connectivity index (χ1) is 6.81. The van der Waals surface area contributed by atoms with E-state index in [-0.39, 0.29) is 0 Å². The Morgan fingerprint density at radius 2 is 2.14 bits per heavy atom. The number of morpholine rings is 1. The predicted octanol–water partition coefficient (Wildman–Crippen LogP) is 2.27. The number of halogens is 1. The van der Waals surface area contributed by atoms with Gasteiger partial charge in [-0.1, -0.05) is 0 Å². The van der Waals surface area contributed by atoms with Crippen LogP contribution in [0.4, 0.5) is 5.13 Å². The van der Waals surface area contributed by atoms with Crippen molar-refractivity contribution < 1.29 is 4.74 Å². The lowest BCUT2D eigenvalue weighted by molar-refractivity contribution is 0.0305. The van der Waals surface area contributed by atoms with Crippen LogP contribution in [0.1, 0.15) is 12.8 Å². The molecule has 5 heteroatoms. The number of hydrogen-bond acceptors (Lipinski definition) is 4. The summed E-state index contributed by atoms with van der Waals surface area (Å²) in [5, 5.41) is 3.16. The first-order valence-electron chi connectivity index (χ1n) is 4.83. The standard InChI is InChI=1S/C9H11BrN2OS/c10-8-5-14-9(11-8)12-3-6-1-2-7(4-12)13-6/h5-7H,1-4H2. The predicted molar refractivity (Wildman–Crippen MR) is 59.9 cm³/mol. The van der Waals surface area contributed by atoms with Crippen LogP contribution in [0, 0.1) is 0 Å². The fourth-order valence-corrected chi connectivity index (χ4v) is 3.43. The molecule has 0 amide bonds. The van der Waals surface area contributed by atoms with E-state index >= 15 is 0 Å².